The quantitative estimate of drug-likeness (QED) is 0.941. The summed E-state index contributed by atoms with van der Waals surface area (Å²) in [7, 11) is 0. The fraction of sp³-hybridized carbons (Fsp3) is 0.529. The van der Waals surface area contributed by atoms with E-state index in [0.29, 0.717) is 18.5 Å². The van der Waals surface area contributed by atoms with Gasteiger partial charge >= 0.3 is 5.97 Å². The van der Waals surface area contributed by atoms with E-state index in [9.17, 15) is 9.90 Å². The lowest BCUT2D eigenvalue weighted by Crippen LogP contribution is -2.41. The highest BCUT2D eigenvalue weighted by atomic mass is 32.1. The van der Waals surface area contributed by atoms with Crippen molar-refractivity contribution < 1.29 is 9.90 Å². The molecule has 5 heteroatoms. The Morgan fingerprint density at radius 2 is 2.14 bits per heavy atom. The molecule has 2 aliphatic rings. The minimum atomic E-state index is -0.671. The van der Waals surface area contributed by atoms with E-state index in [4.69, 9.17) is 4.98 Å². The first-order chi connectivity index (χ1) is 10.7. The topological polar surface area (TPSA) is 53.4 Å². The monoisotopic (exact) mass is 316 g/mol. The summed E-state index contributed by atoms with van der Waals surface area (Å²) in [5.41, 5.74) is 1.02. The highest BCUT2D eigenvalue weighted by Crippen LogP contribution is 2.41. The van der Waals surface area contributed by atoms with Crippen LogP contribution in [0.5, 0.6) is 0 Å². The summed E-state index contributed by atoms with van der Waals surface area (Å²) in [4.78, 5) is 18.6. The SMILES string of the molecule is O=C(O)[C@@H]1C[C@H]2CCCC[C@H]2N1Cc1nc2ccccc2s1. The predicted molar refractivity (Wildman–Crippen MR) is 86.9 cm³/mol. The van der Waals surface area contributed by atoms with Crippen LogP contribution in [0.25, 0.3) is 10.2 Å². The molecule has 0 unspecified atom stereocenters. The molecule has 1 N–H and O–H groups in total. The first-order valence-electron chi connectivity index (χ1n) is 8.05. The molecule has 22 heavy (non-hydrogen) atoms. The van der Waals surface area contributed by atoms with Gasteiger partial charge in [-0.25, -0.2) is 4.98 Å². The van der Waals surface area contributed by atoms with Crippen LogP contribution in [-0.2, 0) is 11.3 Å². The Labute approximate surface area is 133 Å². The third kappa shape index (κ3) is 2.42. The standard InChI is InChI=1S/C17H20N2O2S/c20-17(21)14-9-11-5-1-3-7-13(11)19(14)10-16-18-12-6-2-4-8-15(12)22-16/h2,4,6,8,11,13-14H,1,3,5,7,9-10H2,(H,20,21)/t11-,13-,14+/m1/s1. The molecule has 2 fully saturated rings. The van der Waals surface area contributed by atoms with E-state index in [-0.39, 0.29) is 6.04 Å². The number of aliphatic carboxylic acids is 1. The van der Waals surface area contributed by atoms with E-state index in [2.05, 4.69) is 11.0 Å². The van der Waals surface area contributed by atoms with Crippen LogP contribution < -0.4 is 0 Å². The molecule has 1 saturated heterocycles. The van der Waals surface area contributed by atoms with Crippen molar-refractivity contribution in [3.63, 3.8) is 0 Å². The Morgan fingerprint density at radius 3 is 2.95 bits per heavy atom. The van der Waals surface area contributed by atoms with Crippen molar-refractivity contribution in [3.05, 3.63) is 29.3 Å². The maximum absolute atomic E-state index is 11.7. The summed E-state index contributed by atoms with van der Waals surface area (Å²) in [6, 6.07) is 8.23. The number of fused-ring (bicyclic) bond motifs is 2. The van der Waals surface area contributed by atoms with E-state index in [0.717, 1.165) is 23.4 Å². The van der Waals surface area contributed by atoms with Gasteiger partial charge in [-0.1, -0.05) is 25.0 Å². The van der Waals surface area contributed by atoms with Crippen molar-refractivity contribution in [2.75, 3.05) is 0 Å². The van der Waals surface area contributed by atoms with Crippen molar-refractivity contribution in [1.82, 2.24) is 9.88 Å². The van der Waals surface area contributed by atoms with Gasteiger partial charge < -0.3 is 5.11 Å². The van der Waals surface area contributed by atoms with Gasteiger partial charge in [0.15, 0.2) is 0 Å². The van der Waals surface area contributed by atoms with Crippen LogP contribution in [0.15, 0.2) is 24.3 Å². The average molecular weight is 316 g/mol. The van der Waals surface area contributed by atoms with E-state index in [1.165, 1.54) is 24.0 Å². The number of likely N-dealkylation sites (tertiary alicyclic amines) is 1. The molecule has 4 nitrogen and oxygen atoms in total. The Hall–Kier alpha value is -1.46. The molecule has 3 atom stereocenters. The molecular weight excluding hydrogens is 296 g/mol. The summed E-state index contributed by atoms with van der Waals surface area (Å²) in [5, 5.41) is 10.6. The lowest BCUT2D eigenvalue weighted by molar-refractivity contribution is -0.142. The van der Waals surface area contributed by atoms with Gasteiger partial charge in [-0.3, -0.25) is 9.69 Å². The number of nitrogens with zero attached hydrogens (tertiary/aromatic N) is 2. The average Bonchev–Trinajstić information content (AvgIpc) is 3.09. The molecule has 1 aromatic heterocycles. The Morgan fingerprint density at radius 1 is 1.32 bits per heavy atom. The summed E-state index contributed by atoms with van der Waals surface area (Å²) >= 11 is 1.69. The van der Waals surface area contributed by atoms with Crippen LogP contribution in [0.4, 0.5) is 0 Å². The highest BCUT2D eigenvalue weighted by Gasteiger charge is 2.45. The Bertz CT molecular complexity index is 666. The molecule has 1 saturated carbocycles. The highest BCUT2D eigenvalue weighted by molar-refractivity contribution is 7.18. The van der Waals surface area contributed by atoms with Gasteiger partial charge in [0, 0.05) is 6.04 Å². The molecular formula is C17H20N2O2S. The van der Waals surface area contributed by atoms with Crippen LogP contribution in [0.1, 0.15) is 37.1 Å². The van der Waals surface area contributed by atoms with Crippen molar-refractivity contribution in [2.24, 2.45) is 5.92 Å². The molecule has 4 rings (SSSR count). The molecule has 1 aromatic carbocycles. The zero-order valence-corrected chi connectivity index (χ0v) is 13.3. The number of aromatic nitrogens is 1. The third-order valence-corrected chi connectivity index (χ3v) is 6.18. The van der Waals surface area contributed by atoms with Crippen molar-refractivity contribution in [3.8, 4) is 0 Å². The molecule has 1 aliphatic carbocycles. The zero-order valence-electron chi connectivity index (χ0n) is 12.4. The summed E-state index contributed by atoms with van der Waals surface area (Å²) in [6.45, 7) is 0.678. The molecule has 0 amide bonds. The predicted octanol–water partition coefficient (Wildman–Crippen LogP) is 3.51. The molecule has 116 valence electrons. The van der Waals surface area contributed by atoms with E-state index in [1.54, 1.807) is 11.3 Å². The molecule has 0 spiro atoms. The number of rotatable bonds is 3. The van der Waals surface area contributed by atoms with Crippen molar-refractivity contribution >= 4 is 27.5 Å². The third-order valence-electron chi connectivity index (χ3n) is 5.16. The second-order valence-corrected chi connectivity index (χ2v) is 7.56. The van der Waals surface area contributed by atoms with Crippen LogP contribution >= 0.6 is 11.3 Å². The number of carbonyl (C=O) groups is 1. The minimum absolute atomic E-state index is 0.333. The van der Waals surface area contributed by atoms with E-state index >= 15 is 0 Å². The van der Waals surface area contributed by atoms with Crippen molar-refractivity contribution in [2.45, 2.75) is 50.7 Å². The van der Waals surface area contributed by atoms with Gasteiger partial charge in [-0.05, 0) is 37.3 Å². The van der Waals surface area contributed by atoms with Gasteiger partial charge in [0.2, 0.25) is 0 Å². The van der Waals surface area contributed by atoms with Gasteiger partial charge in [0.1, 0.15) is 11.0 Å². The second-order valence-electron chi connectivity index (χ2n) is 6.45. The van der Waals surface area contributed by atoms with E-state index in [1.807, 2.05) is 18.2 Å². The van der Waals surface area contributed by atoms with Crippen LogP contribution in [0.2, 0.25) is 0 Å². The van der Waals surface area contributed by atoms with E-state index < -0.39 is 5.97 Å². The lowest BCUT2D eigenvalue weighted by atomic mass is 9.85. The van der Waals surface area contributed by atoms with Gasteiger partial charge in [0.05, 0.1) is 16.8 Å². The van der Waals surface area contributed by atoms with Crippen LogP contribution in [0, 0.1) is 5.92 Å². The summed E-state index contributed by atoms with van der Waals surface area (Å²) in [5.74, 6) is -0.111. The van der Waals surface area contributed by atoms with Crippen molar-refractivity contribution in [1.29, 1.82) is 0 Å². The van der Waals surface area contributed by atoms with Gasteiger partial charge in [-0.2, -0.15) is 0 Å². The first kappa shape index (κ1) is 14.2. The first-order valence-corrected chi connectivity index (χ1v) is 8.87. The number of carboxylic acids is 1. The lowest BCUT2D eigenvalue weighted by Gasteiger charge is -2.32. The Balaban J connectivity index is 1.62. The smallest absolute Gasteiger partial charge is 0.320 e. The largest absolute Gasteiger partial charge is 0.480 e. The minimum Gasteiger partial charge on any atom is -0.480 e. The molecule has 2 aromatic rings. The number of hydrogen-bond acceptors (Lipinski definition) is 4. The summed E-state index contributed by atoms with van der Waals surface area (Å²) in [6.07, 6.45) is 5.61. The number of benzene rings is 1. The molecule has 0 bridgehead atoms. The van der Waals surface area contributed by atoms with Crippen LogP contribution in [0.3, 0.4) is 0 Å². The number of thiazole rings is 1. The fourth-order valence-corrected chi connectivity index (χ4v) is 5.14. The zero-order chi connectivity index (χ0) is 15.1. The maximum Gasteiger partial charge on any atom is 0.320 e. The normalized spacial score (nSPS) is 28.8. The van der Waals surface area contributed by atoms with Gasteiger partial charge in [0.25, 0.3) is 0 Å². The molecule has 0 radical (unpaired) electrons. The number of para-hydroxylation sites is 1. The molecule has 1 aliphatic heterocycles. The number of carboxylic acid groups (broad SMARTS) is 1. The maximum atomic E-state index is 11.7. The fourth-order valence-electron chi connectivity index (χ4n) is 4.17. The number of hydrogen-bond donors (Lipinski definition) is 1. The molecule has 2 heterocycles. The Kier molecular flexibility index (Phi) is 3.62. The second kappa shape index (κ2) is 5.63. The van der Waals surface area contributed by atoms with Gasteiger partial charge in [-0.15, -0.1) is 11.3 Å². The summed E-state index contributed by atoms with van der Waals surface area (Å²) < 4.78 is 1.18. The van der Waals surface area contributed by atoms with Crippen LogP contribution in [-0.4, -0.2) is 33.0 Å².